The highest BCUT2D eigenvalue weighted by Crippen LogP contribution is 1.84. The van der Waals surface area contributed by atoms with E-state index >= 15 is 0 Å². The Hall–Kier alpha value is -0.660. The van der Waals surface area contributed by atoms with Gasteiger partial charge in [0.15, 0.2) is 0 Å². The summed E-state index contributed by atoms with van der Waals surface area (Å²) in [5.74, 6) is -1.12. The van der Waals surface area contributed by atoms with Crippen LogP contribution < -0.4 is 0 Å². The molecule has 0 radical (unpaired) electrons. The number of hydrogen-bond donors (Lipinski definition) is 1. The van der Waals surface area contributed by atoms with Crippen LogP contribution in [0.25, 0.3) is 0 Å². The van der Waals surface area contributed by atoms with Crippen molar-refractivity contribution < 1.29 is 27.2 Å². The Kier molecular flexibility index (Phi) is 4.79. The van der Waals surface area contributed by atoms with Crippen molar-refractivity contribution in [1.29, 1.82) is 0 Å². The number of methoxy groups -OCH3 is 1. The Morgan fingerprint density at radius 3 is 2.50 bits per heavy atom. The van der Waals surface area contributed by atoms with Gasteiger partial charge in [0.1, 0.15) is 6.61 Å². The molecule has 0 heterocycles. The van der Waals surface area contributed by atoms with Crippen LogP contribution in [0.4, 0.5) is 0 Å². The van der Waals surface area contributed by atoms with E-state index in [1.807, 2.05) is 0 Å². The standard InChI is InChI=1S/C5H10O6S/c1-10-5(6)4-11-2-3-12(7,8)9/h2-4H2,1H3,(H,7,8,9). The summed E-state index contributed by atoms with van der Waals surface area (Å²) in [6, 6.07) is 0. The maximum atomic E-state index is 10.4. The van der Waals surface area contributed by atoms with Crippen molar-refractivity contribution >= 4 is 16.1 Å². The first-order valence-electron chi connectivity index (χ1n) is 3.05. The Morgan fingerprint density at radius 1 is 1.50 bits per heavy atom. The van der Waals surface area contributed by atoms with Gasteiger partial charge in [0.25, 0.3) is 10.1 Å². The van der Waals surface area contributed by atoms with E-state index in [-0.39, 0.29) is 13.2 Å². The van der Waals surface area contributed by atoms with E-state index in [0.717, 1.165) is 0 Å². The van der Waals surface area contributed by atoms with Crippen molar-refractivity contribution in [2.45, 2.75) is 0 Å². The number of carbonyl (C=O) groups excluding carboxylic acids is 1. The average molecular weight is 198 g/mol. The molecule has 0 aliphatic heterocycles. The predicted molar refractivity (Wildman–Crippen MR) is 39.3 cm³/mol. The van der Waals surface area contributed by atoms with Crippen LogP contribution in [0.1, 0.15) is 0 Å². The second kappa shape index (κ2) is 5.07. The second-order valence-corrected chi connectivity index (χ2v) is 3.49. The lowest BCUT2D eigenvalue weighted by Crippen LogP contribution is -2.16. The quantitative estimate of drug-likeness (QED) is 0.348. The molecule has 0 aromatic heterocycles. The smallest absolute Gasteiger partial charge is 0.331 e. The first-order chi connectivity index (χ1) is 5.45. The first-order valence-corrected chi connectivity index (χ1v) is 4.66. The fourth-order valence-electron chi connectivity index (χ4n) is 0.379. The molecule has 12 heavy (non-hydrogen) atoms. The van der Waals surface area contributed by atoms with Crippen LogP contribution in [-0.2, 0) is 24.4 Å². The summed E-state index contributed by atoms with van der Waals surface area (Å²) in [5, 5.41) is 0. The zero-order chi connectivity index (χ0) is 9.61. The van der Waals surface area contributed by atoms with Crippen LogP contribution >= 0.6 is 0 Å². The largest absolute Gasteiger partial charge is 0.467 e. The summed E-state index contributed by atoms with van der Waals surface area (Å²) in [7, 11) is -2.82. The molecular weight excluding hydrogens is 188 g/mol. The highest BCUT2D eigenvalue weighted by atomic mass is 32.2. The molecule has 0 saturated carbocycles. The lowest BCUT2D eigenvalue weighted by atomic mass is 10.7. The number of carbonyl (C=O) groups is 1. The van der Waals surface area contributed by atoms with Crippen molar-refractivity contribution in [2.75, 3.05) is 26.1 Å². The highest BCUT2D eigenvalue weighted by molar-refractivity contribution is 7.85. The summed E-state index contributed by atoms with van der Waals surface area (Å²) in [6.45, 7) is -0.542. The molecule has 0 fully saturated rings. The maximum absolute atomic E-state index is 10.4. The molecule has 7 heteroatoms. The zero-order valence-electron chi connectivity index (χ0n) is 6.52. The van der Waals surface area contributed by atoms with Gasteiger partial charge in [0.2, 0.25) is 0 Å². The van der Waals surface area contributed by atoms with Gasteiger partial charge in [-0.2, -0.15) is 8.42 Å². The van der Waals surface area contributed by atoms with Gasteiger partial charge in [-0.05, 0) is 0 Å². The third-order valence-corrected chi connectivity index (χ3v) is 1.62. The average Bonchev–Trinajstić information content (AvgIpc) is 1.96. The topological polar surface area (TPSA) is 89.9 Å². The van der Waals surface area contributed by atoms with Gasteiger partial charge >= 0.3 is 5.97 Å². The molecule has 0 aliphatic rings. The molecule has 0 rings (SSSR count). The molecule has 0 bridgehead atoms. The van der Waals surface area contributed by atoms with Crippen LogP contribution in [0.15, 0.2) is 0 Å². The third-order valence-electron chi connectivity index (χ3n) is 0.933. The molecule has 0 saturated heterocycles. The minimum Gasteiger partial charge on any atom is -0.467 e. The summed E-state index contributed by atoms with van der Waals surface area (Å²) in [4.78, 5) is 10.4. The lowest BCUT2D eigenvalue weighted by Gasteiger charge is -2.00. The minimum atomic E-state index is -4.01. The Morgan fingerprint density at radius 2 is 2.08 bits per heavy atom. The van der Waals surface area contributed by atoms with Gasteiger partial charge in [-0.15, -0.1) is 0 Å². The molecule has 0 amide bonds. The molecule has 0 aromatic rings. The normalized spacial score (nSPS) is 11.2. The fraction of sp³-hybridized carbons (Fsp3) is 0.800. The van der Waals surface area contributed by atoms with Crippen LogP contribution in [-0.4, -0.2) is 45.0 Å². The third kappa shape index (κ3) is 7.45. The Balaban J connectivity index is 3.40. The van der Waals surface area contributed by atoms with Crippen LogP contribution in [0, 0.1) is 0 Å². The van der Waals surface area contributed by atoms with Crippen LogP contribution in [0.5, 0.6) is 0 Å². The van der Waals surface area contributed by atoms with E-state index in [9.17, 15) is 13.2 Å². The van der Waals surface area contributed by atoms with E-state index in [0.29, 0.717) is 0 Å². The van der Waals surface area contributed by atoms with E-state index < -0.39 is 21.8 Å². The molecule has 0 atom stereocenters. The van der Waals surface area contributed by atoms with Gasteiger partial charge in [0.05, 0.1) is 19.5 Å². The molecule has 72 valence electrons. The van der Waals surface area contributed by atoms with Crippen molar-refractivity contribution in [3.63, 3.8) is 0 Å². The number of ether oxygens (including phenoxy) is 2. The Labute approximate surface area is 70.2 Å². The van der Waals surface area contributed by atoms with E-state index in [1.165, 1.54) is 7.11 Å². The summed E-state index contributed by atoms with van der Waals surface area (Å²) in [6.07, 6.45) is 0. The summed E-state index contributed by atoms with van der Waals surface area (Å²) < 4.78 is 37.2. The van der Waals surface area contributed by atoms with Crippen LogP contribution in [0.3, 0.4) is 0 Å². The molecule has 0 unspecified atom stereocenters. The number of rotatable bonds is 5. The van der Waals surface area contributed by atoms with Crippen molar-refractivity contribution in [2.24, 2.45) is 0 Å². The zero-order valence-corrected chi connectivity index (χ0v) is 7.33. The highest BCUT2D eigenvalue weighted by Gasteiger charge is 2.05. The van der Waals surface area contributed by atoms with Gasteiger partial charge in [-0.1, -0.05) is 0 Å². The number of esters is 1. The number of hydrogen-bond acceptors (Lipinski definition) is 5. The van der Waals surface area contributed by atoms with Gasteiger partial charge in [-0.25, -0.2) is 4.79 Å². The van der Waals surface area contributed by atoms with Crippen molar-refractivity contribution in [1.82, 2.24) is 0 Å². The monoisotopic (exact) mass is 198 g/mol. The SMILES string of the molecule is COC(=O)COCCS(=O)(=O)O. The van der Waals surface area contributed by atoms with Crippen molar-refractivity contribution in [3.05, 3.63) is 0 Å². The maximum Gasteiger partial charge on any atom is 0.331 e. The molecule has 1 N–H and O–H groups in total. The van der Waals surface area contributed by atoms with Gasteiger partial charge in [0, 0.05) is 0 Å². The lowest BCUT2D eigenvalue weighted by molar-refractivity contribution is -0.145. The summed E-state index contributed by atoms with van der Waals surface area (Å²) in [5.41, 5.74) is 0. The molecule has 0 aromatic carbocycles. The van der Waals surface area contributed by atoms with E-state index in [2.05, 4.69) is 9.47 Å². The molecule has 6 nitrogen and oxygen atoms in total. The van der Waals surface area contributed by atoms with E-state index in [1.54, 1.807) is 0 Å². The fourth-order valence-corrected chi connectivity index (χ4v) is 0.707. The first kappa shape index (κ1) is 11.3. The molecular formula is C5H10O6S. The van der Waals surface area contributed by atoms with Crippen molar-refractivity contribution in [3.8, 4) is 0 Å². The summed E-state index contributed by atoms with van der Waals surface area (Å²) >= 11 is 0. The molecule has 0 aliphatic carbocycles. The predicted octanol–water partition coefficient (Wildman–Crippen LogP) is -0.936. The van der Waals surface area contributed by atoms with Crippen LogP contribution in [0.2, 0.25) is 0 Å². The second-order valence-electron chi connectivity index (χ2n) is 1.91. The van der Waals surface area contributed by atoms with Gasteiger partial charge in [-0.3, -0.25) is 4.55 Å². The van der Waals surface area contributed by atoms with E-state index in [4.69, 9.17) is 4.55 Å². The Bertz CT molecular complexity index is 230. The molecule has 0 spiro atoms. The minimum absolute atomic E-state index is 0.228. The van der Waals surface area contributed by atoms with Gasteiger partial charge < -0.3 is 9.47 Å².